The number of anilines is 1. The van der Waals surface area contributed by atoms with Gasteiger partial charge in [-0.1, -0.05) is 30.3 Å². The number of nitrogens with two attached hydrogens (primary N) is 1. The van der Waals surface area contributed by atoms with E-state index in [0.717, 1.165) is 21.3 Å². The summed E-state index contributed by atoms with van der Waals surface area (Å²) < 4.78 is 8.59. The molecular weight excluding hydrogens is 432 g/mol. The minimum atomic E-state index is -0.469. The standard InChI is InChI=1S/C22H25BrN4O2/c1-22(2,24)14-29-19-10-9-16(12-17(19)21-18(23)13-25-27(21)3)26-20(28)11-15-7-5-4-6-8-15/h4-10,12-13H,11,14,24H2,1-3H3,(H,26,28). The number of carbonyl (C=O) groups excluding carboxylic acids is 1. The lowest BCUT2D eigenvalue weighted by Gasteiger charge is -2.21. The lowest BCUT2D eigenvalue weighted by atomic mass is 10.1. The number of halogens is 1. The molecule has 6 nitrogen and oxygen atoms in total. The van der Waals surface area contributed by atoms with E-state index in [9.17, 15) is 4.79 Å². The van der Waals surface area contributed by atoms with E-state index in [1.54, 1.807) is 10.9 Å². The Balaban J connectivity index is 1.88. The Kier molecular flexibility index (Phi) is 6.39. The topological polar surface area (TPSA) is 82.2 Å². The first kappa shape index (κ1) is 21.1. The van der Waals surface area contributed by atoms with Gasteiger partial charge in [0.25, 0.3) is 0 Å². The molecule has 3 N–H and O–H groups in total. The maximum atomic E-state index is 12.5. The molecule has 0 saturated heterocycles. The van der Waals surface area contributed by atoms with Crippen molar-refractivity contribution in [1.29, 1.82) is 0 Å². The van der Waals surface area contributed by atoms with Crippen LogP contribution in [-0.2, 0) is 18.3 Å². The fourth-order valence-corrected chi connectivity index (χ4v) is 3.44. The predicted molar refractivity (Wildman–Crippen MR) is 119 cm³/mol. The quantitative estimate of drug-likeness (QED) is 0.559. The highest BCUT2D eigenvalue weighted by atomic mass is 79.9. The van der Waals surface area contributed by atoms with Gasteiger partial charge in [0.2, 0.25) is 5.91 Å². The largest absolute Gasteiger partial charge is 0.491 e. The van der Waals surface area contributed by atoms with Crippen LogP contribution >= 0.6 is 15.9 Å². The van der Waals surface area contributed by atoms with Crippen LogP contribution in [-0.4, -0.2) is 27.8 Å². The smallest absolute Gasteiger partial charge is 0.228 e. The molecule has 0 aliphatic heterocycles. The fraction of sp³-hybridized carbons (Fsp3) is 0.273. The Hall–Kier alpha value is -2.64. The first-order chi connectivity index (χ1) is 13.7. The third kappa shape index (κ3) is 5.68. The molecule has 2 aromatic carbocycles. The van der Waals surface area contributed by atoms with Crippen molar-refractivity contribution in [3.8, 4) is 17.0 Å². The van der Waals surface area contributed by atoms with Crippen molar-refractivity contribution in [2.24, 2.45) is 12.8 Å². The molecule has 0 atom stereocenters. The molecule has 3 aromatic rings. The number of carbonyl (C=O) groups is 1. The van der Waals surface area contributed by atoms with Crippen molar-refractivity contribution in [3.05, 3.63) is 64.8 Å². The Morgan fingerprint density at radius 2 is 1.97 bits per heavy atom. The highest BCUT2D eigenvalue weighted by Crippen LogP contribution is 2.37. The van der Waals surface area contributed by atoms with Crippen LogP contribution in [0.25, 0.3) is 11.3 Å². The summed E-state index contributed by atoms with van der Waals surface area (Å²) in [6, 6.07) is 15.2. The monoisotopic (exact) mass is 456 g/mol. The van der Waals surface area contributed by atoms with Gasteiger partial charge < -0.3 is 15.8 Å². The Morgan fingerprint density at radius 1 is 1.24 bits per heavy atom. The number of benzene rings is 2. The van der Waals surface area contributed by atoms with Crippen LogP contribution in [0.4, 0.5) is 5.69 Å². The lowest BCUT2D eigenvalue weighted by molar-refractivity contribution is -0.115. The molecule has 29 heavy (non-hydrogen) atoms. The second kappa shape index (κ2) is 8.80. The third-order valence-corrected chi connectivity index (χ3v) is 4.80. The predicted octanol–water partition coefficient (Wildman–Crippen LogP) is 4.15. The van der Waals surface area contributed by atoms with E-state index in [1.807, 2.05) is 69.4 Å². The van der Waals surface area contributed by atoms with Crippen molar-refractivity contribution in [3.63, 3.8) is 0 Å². The van der Waals surface area contributed by atoms with Crippen LogP contribution in [0.15, 0.2) is 59.2 Å². The van der Waals surface area contributed by atoms with Gasteiger partial charge in [0.1, 0.15) is 12.4 Å². The normalized spacial score (nSPS) is 11.3. The van der Waals surface area contributed by atoms with Crippen molar-refractivity contribution in [1.82, 2.24) is 9.78 Å². The summed E-state index contributed by atoms with van der Waals surface area (Å²) in [4.78, 5) is 12.5. The Morgan fingerprint density at radius 3 is 2.59 bits per heavy atom. The molecular formula is C22H25BrN4O2. The average Bonchev–Trinajstić information content (AvgIpc) is 2.99. The Bertz CT molecular complexity index is 974. The van der Waals surface area contributed by atoms with Crippen molar-refractivity contribution in [2.75, 3.05) is 11.9 Å². The van der Waals surface area contributed by atoms with Crippen molar-refractivity contribution >= 4 is 27.5 Å². The summed E-state index contributed by atoms with van der Waals surface area (Å²) in [5.41, 5.74) is 8.93. The molecule has 0 aliphatic carbocycles. The number of hydrogen-bond acceptors (Lipinski definition) is 4. The zero-order valence-electron chi connectivity index (χ0n) is 16.8. The number of aromatic nitrogens is 2. The van der Waals surface area contributed by atoms with Gasteiger partial charge in [0, 0.05) is 23.8 Å². The molecule has 0 aliphatic rings. The molecule has 0 spiro atoms. The van der Waals surface area contributed by atoms with Gasteiger partial charge in [-0.05, 0) is 53.5 Å². The first-order valence-corrected chi connectivity index (χ1v) is 10.1. The molecule has 0 unspecified atom stereocenters. The molecule has 1 amide bonds. The van der Waals surface area contributed by atoms with E-state index in [0.29, 0.717) is 24.5 Å². The molecule has 0 bridgehead atoms. The number of aryl methyl sites for hydroxylation is 1. The van der Waals surface area contributed by atoms with Crippen molar-refractivity contribution in [2.45, 2.75) is 25.8 Å². The molecule has 3 rings (SSSR count). The van der Waals surface area contributed by atoms with Crippen LogP contribution in [0.5, 0.6) is 5.75 Å². The number of nitrogens with zero attached hydrogens (tertiary/aromatic N) is 2. The van der Waals surface area contributed by atoms with Gasteiger partial charge in [-0.2, -0.15) is 5.10 Å². The second-order valence-corrected chi connectivity index (χ2v) is 8.52. The highest BCUT2D eigenvalue weighted by molar-refractivity contribution is 9.10. The number of hydrogen-bond donors (Lipinski definition) is 2. The minimum Gasteiger partial charge on any atom is -0.491 e. The van der Waals surface area contributed by atoms with Gasteiger partial charge in [-0.15, -0.1) is 0 Å². The van der Waals surface area contributed by atoms with Gasteiger partial charge in [0.15, 0.2) is 0 Å². The third-order valence-electron chi connectivity index (χ3n) is 4.22. The van der Waals surface area contributed by atoms with Crippen LogP contribution in [0.3, 0.4) is 0 Å². The van der Waals surface area contributed by atoms with E-state index < -0.39 is 5.54 Å². The van der Waals surface area contributed by atoms with E-state index in [1.165, 1.54) is 0 Å². The maximum absolute atomic E-state index is 12.5. The molecule has 0 radical (unpaired) electrons. The number of rotatable bonds is 7. The van der Waals surface area contributed by atoms with Gasteiger partial charge >= 0.3 is 0 Å². The van der Waals surface area contributed by atoms with E-state index in [-0.39, 0.29) is 5.91 Å². The summed E-state index contributed by atoms with van der Waals surface area (Å²) in [6.07, 6.45) is 2.04. The fourth-order valence-electron chi connectivity index (χ4n) is 2.88. The summed E-state index contributed by atoms with van der Waals surface area (Å²) >= 11 is 3.55. The van der Waals surface area contributed by atoms with Gasteiger partial charge in [0.05, 0.1) is 22.8 Å². The molecule has 1 heterocycles. The zero-order valence-corrected chi connectivity index (χ0v) is 18.4. The molecule has 1 aromatic heterocycles. The van der Waals surface area contributed by atoms with Crippen LogP contribution in [0.1, 0.15) is 19.4 Å². The van der Waals surface area contributed by atoms with E-state index >= 15 is 0 Å². The summed E-state index contributed by atoms with van der Waals surface area (Å²) in [6.45, 7) is 4.17. The van der Waals surface area contributed by atoms with Crippen LogP contribution in [0, 0.1) is 0 Å². The number of amides is 1. The summed E-state index contributed by atoms with van der Waals surface area (Å²) in [7, 11) is 1.86. The molecule has 0 saturated carbocycles. The molecule has 0 fully saturated rings. The van der Waals surface area contributed by atoms with E-state index in [4.69, 9.17) is 10.5 Å². The van der Waals surface area contributed by atoms with Gasteiger partial charge in [-0.3, -0.25) is 9.48 Å². The summed E-state index contributed by atoms with van der Waals surface area (Å²) in [5, 5.41) is 7.26. The summed E-state index contributed by atoms with van der Waals surface area (Å²) in [5.74, 6) is 0.594. The maximum Gasteiger partial charge on any atom is 0.228 e. The highest BCUT2D eigenvalue weighted by Gasteiger charge is 2.18. The zero-order chi connectivity index (χ0) is 21.0. The average molecular weight is 457 g/mol. The second-order valence-electron chi connectivity index (χ2n) is 7.66. The molecule has 7 heteroatoms. The van der Waals surface area contributed by atoms with Crippen molar-refractivity contribution < 1.29 is 9.53 Å². The minimum absolute atomic E-state index is 0.0806. The molecule has 152 valence electrons. The lowest BCUT2D eigenvalue weighted by Crippen LogP contribution is -2.38. The van der Waals surface area contributed by atoms with Gasteiger partial charge in [-0.25, -0.2) is 0 Å². The van der Waals surface area contributed by atoms with Crippen LogP contribution < -0.4 is 15.8 Å². The number of ether oxygens (including phenoxy) is 1. The Labute approximate surface area is 179 Å². The van der Waals surface area contributed by atoms with E-state index in [2.05, 4.69) is 26.3 Å². The first-order valence-electron chi connectivity index (χ1n) is 9.30. The van der Waals surface area contributed by atoms with Crippen LogP contribution in [0.2, 0.25) is 0 Å². The number of nitrogens with one attached hydrogen (secondary N) is 1. The SMILES string of the molecule is Cn1ncc(Br)c1-c1cc(NC(=O)Cc2ccccc2)ccc1OCC(C)(C)N.